The first-order valence-electron chi connectivity index (χ1n) is 5.43. The molecule has 0 aliphatic rings. The Hall–Kier alpha value is -0.790. The number of sulfonamides is 1. The van der Waals surface area contributed by atoms with E-state index in [0.717, 1.165) is 0 Å². The fourth-order valence-corrected chi connectivity index (χ4v) is 3.03. The average Bonchev–Trinajstić information content (AvgIpc) is 2.36. The van der Waals surface area contributed by atoms with E-state index in [4.69, 9.17) is 17.1 Å². The number of azide groups is 1. The molecule has 0 saturated carbocycles. The standard InChI is InChI=1S/C10H12BrClN4O2S/c11-9-7-8(3-4-10(9)12)19(17,18)15-6-2-1-5-14-16-13/h3-4,7,15H,1-2,5-6H2. The molecule has 0 atom stereocenters. The molecule has 0 radical (unpaired) electrons. The quantitative estimate of drug-likeness (QED) is 0.346. The SMILES string of the molecule is [N-]=[N+]=NCCCCNS(=O)(=O)c1ccc(Cl)c(Br)c1. The molecule has 1 aromatic rings. The van der Waals surface area contributed by atoms with Crippen LogP contribution < -0.4 is 4.72 Å². The van der Waals surface area contributed by atoms with E-state index in [1.807, 2.05) is 0 Å². The van der Waals surface area contributed by atoms with Crippen molar-refractivity contribution in [3.63, 3.8) is 0 Å². The predicted molar refractivity (Wildman–Crippen MR) is 77.6 cm³/mol. The van der Waals surface area contributed by atoms with Gasteiger partial charge in [-0.3, -0.25) is 0 Å². The van der Waals surface area contributed by atoms with Gasteiger partial charge in [0, 0.05) is 22.5 Å². The third-order valence-corrected chi connectivity index (χ3v) is 4.91. The van der Waals surface area contributed by atoms with E-state index in [0.29, 0.717) is 35.4 Å². The molecule has 0 fully saturated rings. The fourth-order valence-electron chi connectivity index (χ4n) is 1.29. The number of hydrogen-bond donors (Lipinski definition) is 1. The van der Waals surface area contributed by atoms with Crippen LogP contribution in [0.25, 0.3) is 10.4 Å². The van der Waals surface area contributed by atoms with Crippen LogP contribution in [0.1, 0.15) is 12.8 Å². The lowest BCUT2D eigenvalue weighted by Gasteiger charge is -2.07. The summed E-state index contributed by atoms with van der Waals surface area (Å²) in [5.41, 5.74) is 8.08. The van der Waals surface area contributed by atoms with Crippen molar-refractivity contribution in [1.82, 2.24) is 4.72 Å². The van der Waals surface area contributed by atoms with E-state index in [9.17, 15) is 8.42 Å². The number of hydrogen-bond acceptors (Lipinski definition) is 3. The predicted octanol–water partition coefficient (Wildman–Crippen LogP) is 3.47. The maximum Gasteiger partial charge on any atom is 0.240 e. The van der Waals surface area contributed by atoms with Crippen LogP contribution >= 0.6 is 27.5 Å². The lowest BCUT2D eigenvalue weighted by Crippen LogP contribution is -2.24. The first kappa shape index (κ1) is 16.3. The highest BCUT2D eigenvalue weighted by molar-refractivity contribution is 9.10. The van der Waals surface area contributed by atoms with Crippen LogP contribution in [-0.4, -0.2) is 21.5 Å². The topological polar surface area (TPSA) is 94.9 Å². The summed E-state index contributed by atoms with van der Waals surface area (Å²) in [5.74, 6) is 0. The van der Waals surface area contributed by atoms with E-state index in [-0.39, 0.29) is 4.90 Å². The van der Waals surface area contributed by atoms with Crippen molar-refractivity contribution >= 4 is 37.6 Å². The zero-order valence-corrected chi connectivity index (χ0v) is 13.0. The molecule has 0 amide bonds. The second-order valence-electron chi connectivity index (χ2n) is 3.64. The van der Waals surface area contributed by atoms with Gasteiger partial charge in [0.1, 0.15) is 0 Å². The van der Waals surface area contributed by atoms with E-state index >= 15 is 0 Å². The van der Waals surface area contributed by atoms with Gasteiger partial charge in [0.15, 0.2) is 0 Å². The monoisotopic (exact) mass is 366 g/mol. The summed E-state index contributed by atoms with van der Waals surface area (Å²) in [6.07, 6.45) is 1.24. The summed E-state index contributed by atoms with van der Waals surface area (Å²) in [4.78, 5) is 2.77. The van der Waals surface area contributed by atoms with E-state index in [1.165, 1.54) is 18.2 Å². The van der Waals surface area contributed by atoms with Gasteiger partial charge in [-0.1, -0.05) is 16.7 Å². The van der Waals surface area contributed by atoms with E-state index < -0.39 is 10.0 Å². The molecule has 0 unspecified atom stereocenters. The Labute approximate surface area is 125 Å². The molecular weight excluding hydrogens is 356 g/mol. The Bertz CT molecular complexity index is 587. The summed E-state index contributed by atoms with van der Waals surface area (Å²) in [7, 11) is -3.53. The molecule has 0 heterocycles. The molecular formula is C10H12BrClN4O2S. The lowest BCUT2D eigenvalue weighted by atomic mass is 10.3. The van der Waals surface area contributed by atoms with E-state index in [2.05, 4.69) is 30.7 Å². The number of nitrogens with zero attached hydrogens (tertiary/aromatic N) is 3. The maximum atomic E-state index is 11.9. The number of nitrogens with one attached hydrogen (secondary N) is 1. The lowest BCUT2D eigenvalue weighted by molar-refractivity contribution is 0.577. The molecule has 0 aromatic heterocycles. The molecule has 0 bridgehead atoms. The zero-order valence-electron chi connectivity index (χ0n) is 9.88. The van der Waals surface area contributed by atoms with Gasteiger partial charge in [0.25, 0.3) is 0 Å². The number of benzene rings is 1. The minimum absolute atomic E-state index is 0.152. The first-order chi connectivity index (χ1) is 8.97. The summed E-state index contributed by atoms with van der Waals surface area (Å²) in [5, 5.41) is 3.82. The number of halogens is 2. The Balaban J connectivity index is 2.56. The van der Waals surface area contributed by atoms with Crippen molar-refractivity contribution < 1.29 is 8.42 Å². The van der Waals surface area contributed by atoms with Crippen LogP contribution in [0.3, 0.4) is 0 Å². The van der Waals surface area contributed by atoms with E-state index in [1.54, 1.807) is 0 Å². The molecule has 1 aromatic carbocycles. The average molecular weight is 368 g/mol. The summed E-state index contributed by atoms with van der Waals surface area (Å²) >= 11 is 8.98. The minimum Gasteiger partial charge on any atom is -0.211 e. The van der Waals surface area contributed by atoms with Crippen molar-refractivity contribution in [2.75, 3.05) is 13.1 Å². The maximum absolute atomic E-state index is 11.9. The molecule has 19 heavy (non-hydrogen) atoms. The van der Waals surface area contributed by atoms with Gasteiger partial charge in [-0.05, 0) is 52.5 Å². The Morgan fingerprint density at radius 1 is 1.42 bits per heavy atom. The van der Waals surface area contributed by atoms with Crippen molar-refractivity contribution in [3.8, 4) is 0 Å². The van der Waals surface area contributed by atoms with Crippen LogP contribution in [-0.2, 0) is 10.0 Å². The van der Waals surface area contributed by atoms with Gasteiger partial charge in [0.05, 0.1) is 9.92 Å². The zero-order chi connectivity index (χ0) is 14.3. The molecule has 1 rings (SSSR count). The van der Waals surface area contributed by atoms with Crippen molar-refractivity contribution in [1.29, 1.82) is 0 Å². The Kier molecular flexibility index (Phi) is 6.60. The Morgan fingerprint density at radius 2 is 2.16 bits per heavy atom. The first-order valence-corrected chi connectivity index (χ1v) is 8.08. The summed E-state index contributed by atoms with van der Waals surface area (Å²) in [6, 6.07) is 4.40. The van der Waals surface area contributed by atoms with Crippen LogP contribution in [0.5, 0.6) is 0 Å². The molecule has 0 saturated heterocycles. The molecule has 0 aliphatic carbocycles. The normalized spacial score (nSPS) is 11.1. The van der Waals surface area contributed by atoms with Gasteiger partial charge in [0.2, 0.25) is 10.0 Å². The third kappa shape index (κ3) is 5.38. The molecule has 1 N–H and O–H groups in total. The van der Waals surface area contributed by atoms with Gasteiger partial charge in [-0.2, -0.15) is 0 Å². The van der Waals surface area contributed by atoms with Crippen LogP contribution in [0.4, 0.5) is 0 Å². The molecule has 0 spiro atoms. The second-order valence-corrected chi connectivity index (χ2v) is 6.66. The Morgan fingerprint density at radius 3 is 2.79 bits per heavy atom. The number of rotatable bonds is 7. The van der Waals surface area contributed by atoms with Crippen LogP contribution in [0, 0.1) is 0 Å². The smallest absolute Gasteiger partial charge is 0.211 e. The van der Waals surface area contributed by atoms with Crippen LogP contribution in [0.2, 0.25) is 5.02 Å². The second kappa shape index (κ2) is 7.72. The summed E-state index contributed by atoms with van der Waals surface area (Å²) < 4.78 is 26.9. The van der Waals surface area contributed by atoms with Crippen molar-refractivity contribution in [3.05, 3.63) is 38.1 Å². The minimum atomic E-state index is -3.53. The van der Waals surface area contributed by atoms with Gasteiger partial charge in [-0.25, -0.2) is 13.1 Å². The van der Waals surface area contributed by atoms with Gasteiger partial charge >= 0.3 is 0 Å². The third-order valence-electron chi connectivity index (χ3n) is 2.24. The van der Waals surface area contributed by atoms with Crippen molar-refractivity contribution in [2.24, 2.45) is 5.11 Å². The van der Waals surface area contributed by atoms with Gasteiger partial charge in [-0.15, -0.1) is 0 Å². The number of unbranched alkanes of at least 4 members (excludes halogenated alkanes) is 1. The highest BCUT2D eigenvalue weighted by atomic mass is 79.9. The van der Waals surface area contributed by atoms with Crippen LogP contribution in [0.15, 0.2) is 32.7 Å². The highest BCUT2D eigenvalue weighted by Gasteiger charge is 2.14. The van der Waals surface area contributed by atoms with Crippen molar-refractivity contribution in [2.45, 2.75) is 17.7 Å². The largest absolute Gasteiger partial charge is 0.240 e. The summed E-state index contributed by atoms with van der Waals surface area (Å²) in [6.45, 7) is 0.661. The molecule has 104 valence electrons. The fraction of sp³-hybridized carbons (Fsp3) is 0.400. The molecule has 0 aliphatic heterocycles. The van der Waals surface area contributed by atoms with Gasteiger partial charge < -0.3 is 0 Å². The molecule has 6 nitrogen and oxygen atoms in total. The highest BCUT2D eigenvalue weighted by Crippen LogP contribution is 2.25. The molecule has 9 heteroatoms.